The molecule has 1 heterocycles. The van der Waals surface area contributed by atoms with Gasteiger partial charge in [-0.2, -0.15) is 0 Å². The summed E-state index contributed by atoms with van der Waals surface area (Å²) in [6.45, 7) is 10.5. The quantitative estimate of drug-likeness (QED) is 0.916. The van der Waals surface area contributed by atoms with Crippen LogP contribution < -0.4 is 10.5 Å². The molecule has 5 heteroatoms. The largest absolute Gasteiger partial charge is 0.481 e. The Kier molecular flexibility index (Phi) is 6.90. The number of carbonyl (C=O) groups is 1. The SMILES string of the molecule is CC(Oc1cccc(C(C)(C)C)c1)C(=O)N1CCC(CN)C1.Cl. The van der Waals surface area contributed by atoms with Crippen molar-refractivity contribution in [2.45, 2.75) is 45.6 Å². The average Bonchev–Trinajstić information content (AvgIpc) is 2.94. The molecule has 130 valence electrons. The summed E-state index contributed by atoms with van der Waals surface area (Å²) in [4.78, 5) is 14.3. The Morgan fingerprint density at radius 1 is 1.43 bits per heavy atom. The summed E-state index contributed by atoms with van der Waals surface area (Å²) in [6, 6.07) is 8.00. The molecule has 1 aromatic rings. The molecule has 23 heavy (non-hydrogen) atoms. The maximum absolute atomic E-state index is 12.5. The summed E-state index contributed by atoms with van der Waals surface area (Å²) >= 11 is 0. The molecule has 2 unspecified atom stereocenters. The first kappa shape index (κ1) is 19.8. The highest BCUT2D eigenvalue weighted by Gasteiger charge is 2.29. The van der Waals surface area contributed by atoms with Gasteiger partial charge >= 0.3 is 0 Å². The van der Waals surface area contributed by atoms with Crippen LogP contribution in [0.1, 0.15) is 39.7 Å². The van der Waals surface area contributed by atoms with E-state index in [-0.39, 0.29) is 23.7 Å². The number of benzene rings is 1. The molecule has 2 N–H and O–H groups in total. The molecule has 1 saturated heterocycles. The first-order valence-corrected chi connectivity index (χ1v) is 8.07. The smallest absolute Gasteiger partial charge is 0.263 e. The average molecular weight is 341 g/mol. The maximum Gasteiger partial charge on any atom is 0.263 e. The Labute approximate surface area is 145 Å². The van der Waals surface area contributed by atoms with Gasteiger partial charge in [0.1, 0.15) is 5.75 Å². The number of nitrogens with zero attached hydrogens (tertiary/aromatic N) is 1. The van der Waals surface area contributed by atoms with Crippen molar-refractivity contribution in [2.24, 2.45) is 11.7 Å². The van der Waals surface area contributed by atoms with E-state index in [1.54, 1.807) is 0 Å². The van der Waals surface area contributed by atoms with Gasteiger partial charge < -0.3 is 15.4 Å². The molecule has 0 aromatic heterocycles. The van der Waals surface area contributed by atoms with Gasteiger partial charge in [0.05, 0.1) is 0 Å². The minimum atomic E-state index is -0.466. The number of nitrogens with two attached hydrogens (primary N) is 1. The number of rotatable bonds is 4. The number of hydrogen-bond donors (Lipinski definition) is 1. The fraction of sp³-hybridized carbons (Fsp3) is 0.611. The van der Waals surface area contributed by atoms with Crippen LogP contribution in [0.3, 0.4) is 0 Å². The van der Waals surface area contributed by atoms with Crippen LogP contribution in [-0.4, -0.2) is 36.5 Å². The summed E-state index contributed by atoms with van der Waals surface area (Å²) in [7, 11) is 0. The molecular formula is C18H29ClN2O2. The Balaban J connectivity index is 0.00000264. The van der Waals surface area contributed by atoms with Crippen molar-refractivity contribution < 1.29 is 9.53 Å². The molecule has 0 bridgehead atoms. The lowest BCUT2D eigenvalue weighted by molar-refractivity contribution is -0.136. The van der Waals surface area contributed by atoms with Crippen LogP contribution in [-0.2, 0) is 10.2 Å². The number of ether oxygens (including phenoxy) is 1. The molecule has 1 aromatic carbocycles. The first-order valence-electron chi connectivity index (χ1n) is 8.07. The molecular weight excluding hydrogens is 312 g/mol. The van der Waals surface area contributed by atoms with E-state index in [4.69, 9.17) is 10.5 Å². The zero-order valence-corrected chi connectivity index (χ0v) is 15.4. The topological polar surface area (TPSA) is 55.6 Å². The first-order chi connectivity index (χ1) is 10.3. The van der Waals surface area contributed by atoms with Gasteiger partial charge in [-0.1, -0.05) is 32.9 Å². The standard InChI is InChI=1S/C18H28N2O2.ClH/c1-13(17(21)20-9-8-14(11-19)12-20)22-16-7-5-6-15(10-16)18(2,3)4;/h5-7,10,13-14H,8-9,11-12,19H2,1-4H3;1H. The van der Waals surface area contributed by atoms with E-state index < -0.39 is 6.10 Å². The molecule has 1 fully saturated rings. The van der Waals surface area contributed by atoms with E-state index in [0.717, 1.165) is 25.3 Å². The molecule has 0 saturated carbocycles. The highest BCUT2D eigenvalue weighted by Crippen LogP contribution is 2.26. The van der Waals surface area contributed by atoms with E-state index in [1.807, 2.05) is 30.0 Å². The highest BCUT2D eigenvalue weighted by atomic mass is 35.5. The third-order valence-corrected chi connectivity index (χ3v) is 4.29. The Morgan fingerprint density at radius 2 is 2.13 bits per heavy atom. The van der Waals surface area contributed by atoms with Crippen molar-refractivity contribution in [3.05, 3.63) is 29.8 Å². The molecule has 1 aliphatic heterocycles. The normalized spacial score (nSPS) is 19.2. The molecule has 0 radical (unpaired) electrons. The second kappa shape index (κ2) is 8.02. The van der Waals surface area contributed by atoms with Crippen molar-refractivity contribution in [3.8, 4) is 5.75 Å². The van der Waals surface area contributed by atoms with Gasteiger partial charge in [0.2, 0.25) is 0 Å². The van der Waals surface area contributed by atoms with Crippen LogP contribution >= 0.6 is 12.4 Å². The van der Waals surface area contributed by atoms with Crippen LogP contribution in [0.25, 0.3) is 0 Å². The van der Waals surface area contributed by atoms with E-state index >= 15 is 0 Å². The van der Waals surface area contributed by atoms with Crippen LogP contribution in [0.5, 0.6) is 5.75 Å². The second-order valence-corrected chi connectivity index (χ2v) is 7.21. The van der Waals surface area contributed by atoms with Crippen LogP contribution in [0.2, 0.25) is 0 Å². The van der Waals surface area contributed by atoms with Crippen LogP contribution in [0.4, 0.5) is 0 Å². The molecule has 0 aliphatic carbocycles. The second-order valence-electron chi connectivity index (χ2n) is 7.21. The molecule has 0 spiro atoms. The maximum atomic E-state index is 12.5. The number of carbonyl (C=O) groups excluding carboxylic acids is 1. The van der Waals surface area contributed by atoms with Gasteiger partial charge in [-0.3, -0.25) is 4.79 Å². The third kappa shape index (κ3) is 5.11. The van der Waals surface area contributed by atoms with Crippen molar-refractivity contribution >= 4 is 18.3 Å². The van der Waals surface area contributed by atoms with Gasteiger partial charge in [0.15, 0.2) is 6.10 Å². The van der Waals surface area contributed by atoms with Gasteiger partial charge in [-0.15, -0.1) is 12.4 Å². The summed E-state index contributed by atoms with van der Waals surface area (Å²) in [5.74, 6) is 1.24. The molecule has 1 amide bonds. The number of halogens is 1. The number of likely N-dealkylation sites (tertiary alicyclic amines) is 1. The van der Waals surface area contributed by atoms with Crippen molar-refractivity contribution in [3.63, 3.8) is 0 Å². The van der Waals surface area contributed by atoms with Gasteiger partial charge in [-0.25, -0.2) is 0 Å². The molecule has 1 aliphatic rings. The lowest BCUT2D eigenvalue weighted by atomic mass is 9.87. The van der Waals surface area contributed by atoms with Crippen molar-refractivity contribution in [1.29, 1.82) is 0 Å². The summed E-state index contributed by atoms with van der Waals surface area (Å²) in [6.07, 6.45) is 0.529. The number of amides is 1. The van der Waals surface area contributed by atoms with Crippen molar-refractivity contribution in [2.75, 3.05) is 19.6 Å². The highest BCUT2D eigenvalue weighted by molar-refractivity contribution is 5.85. The zero-order valence-electron chi connectivity index (χ0n) is 14.5. The Hall–Kier alpha value is -1.26. The van der Waals surface area contributed by atoms with Crippen LogP contribution in [0.15, 0.2) is 24.3 Å². The zero-order chi connectivity index (χ0) is 16.3. The molecule has 2 rings (SSSR count). The fourth-order valence-electron chi connectivity index (χ4n) is 2.77. The monoisotopic (exact) mass is 340 g/mol. The lowest BCUT2D eigenvalue weighted by Gasteiger charge is -2.23. The summed E-state index contributed by atoms with van der Waals surface area (Å²) in [5, 5.41) is 0. The third-order valence-electron chi connectivity index (χ3n) is 4.29. The number of hydrogen-bond acceptors (Lipinski definition) is 3. The predicted molar refractivity (Wildman–Crippen MR) is 96.2 cm³/mol. The van der Waals surface area contributed by atoms with E-state index in [2.05, 4.69) is 26.8 Å². The summed E-state index contributed by atoms with van der Waals surface area (Å²) in [5.41, 5.74) is 6.95. The fourth-order valence-corrected chi connectivity index (χ4v) is 2.77. The van der Waals surface area contributed by atoms with Gasteiger partial charge in [-0.05, 0) is 48.9 Å². The van der Waals surface area contributed by atoms with Crippen LogP contribution in [0, 0.1) is 5.92 Å². The van der Waals surface area contributed by atoms with Crippen molar-refractivity contribution in [1.82, 2.24) is 4.90 Å². The Morgan fingerprint density at radius 3 is 2.70 bits per heavy atom. The van der Waals surface area contributed by atoms with E-state index in [9.17, 15) is 4.79 Å². The van der Waals surface area contributed by atoms with E-state index in [1.165, 1.54) is 5.56 Å². The predicted octanol–water partition coefficient (Wildman–Crippen LogP) is 2.98. The van der Waals surface area contributed by atoms with Gasteiger partial charge in [0, 0.05) is 13.1 Å². The molecule has 2 atom stereocenters. The van der Waals surface area contributed by atoms with E-state index in [0.29, 0.717) is 12.5 Å². The molecule has 4 nitrogen and oxygen atoms in total. The minimum absolute atomic E-state index is 0. The van der Waals surface area contributed by atoms with Gasteiger partial charge in [0.25, 0.3) is 5.91 Å². The summed E-state index contributed by atoms with van der Waals surface area (Å²) < 4.78 is 5.87. The Bertz CT molecular complexity index is 528. The lowest BCUT2D eigenvalue weighted by Crippen LogP contribution is -2.39. The minimum Gasteiger partial charge on any atom is -0.481 e.